The zero-order valence-corrected chi connectivity index (χ0v) is 11.6. The Morgan fingerprint density at radius 1 is 1.32 bits per heavy atom. The first-order valence-electron chi connectivity index (χ1n) is 5.69. The molecule has 1 aromatic carbocycles. The average Bonchev–Trinajstić information content (AvgIpc) is 2.66. The molecular formula is C12H14N2O4S. The van der Waals surface area contributed by atoms with Gasteiger partial charge in [0.25, 0.3) is 0 Å². The van der Waals surface area contributed by atoms with E-state index in [2.05, 4.69) is 4.98 Å². The molecule has 0 aliphatic carbocycles. The number of ether oxygens (including phenoxy) is 1. The van der Waals surface area contributed by atoms with Crippen molar-refractivity contribution in [2.75, 3.05) is 6.26 Å². The first-order valence-corrected chi connectivity index (χ1v) is 7.58. The van der Waals surface area contributed by atoms with Crippen molar-refractivity contribution in [3.63, 3.8) is 0 Å². The van der Waals surface area contributed by atoms with Crippen molar-refractivity contribution in [1.29, 1.82) is 0 Å². The predicted molar refractivity (Wildman–Crippen MR) is 69.9 cm³/mol. The van der Waals surface area contributed by atoms with E-state index >= 15 is 0 Å². The molecule has 2 aromatic rings. The lowest BCUT2D eigenvalue weighted by molar-refractivity contribution is 0.116. The van der Waals surface area contributed by atoms with Crippen molar-refractivity contribution in [3.8, 4) is 0 Å². The van der Waals surface area contributed by atoms with Crippen molar-refractivity contribution in [3.05, 3.63) is 24.3 Å². The van der Waals surface area contributed by atoms with Crippen LogP contribution in [0.3, 0.4) is 0 Å². The van der Waals surface area contributed by atoms with Crippen molar-refractivity contribution >= 4 is 27.0 Å². The summed E-state index contributed by atoms with van der Waals surface area (Å²) < 4.78 is 29.5. The topological polar surface area (TPSA) is 78.3 Å². The highest BCUT2D eigenvalue weighted by Gasteiger charge is 2.24. The second-order valence-corrected chi connectivity index (χ2v) is 6.33. The Balaban J connectivity index is 2.72. The number of carbonyl (C=O) groups excluding carboxylic acids is 1. The summed E-state index contributed by atoms with van der Waals surface area (Å²) in [6.07, 6.45) is -0.0851. The van der Waals surface area contributed by atoms with Crippen LogP contribution in [0, 0.1) is 0 Å². The van der Waals surface area contributed by atoms with E-state index in [0.717, 1.165) is 10.8 Å². The first-order chi connectivity index (χ1) is 8.80. The highest BCUT2D eigenvalue weighted by atomic mass is 32.2. The molecule has 0 saturated heterocycles. The minimum absolute atomic E-state index is 0.306. The number of carbonyl (C=O) groups is 1. The Morgan fingerprint density at radius 3 is 2.53 bits per heavy atom. The molecule has 7 heteroatoms. The highest BCUT2D eigenvalue weighted by molar-refractivity contribution is 7.90. The molecule has 0 spiro atoms. The number of imidazole rings is 1. The minimum atomic E-state index is -3.63. The molecule has 0 aliphatic rings. The number of nitrogens with zero attached hydrogens (tertiary/aromatic N) is 2. The number of sulfone groups is 1. The molecule has 0 radical (unpaired) electrons. The molecule has 102 valence electrons. The molecule has 2 rings (SSSR count). The third kappa shape index (κ3) is 2.60. The number of fused-ring (bicyclic) bond motifs is 1. The maximum Gasteiger partial charge on any atom is 0.421 e. The molecule has 0 atom stereocenters. The summed E-state index contributed by atoms with van der Waals surface area (Å²) in [5.41, 5.74) is 0.845. The van der Waals surface area contributed by atoms with Gasteiger partial charge in [0.2, 0.25) is 15.0 Å². The van der Waals surface area contributed by atoms with Gasteiger partial charge in [0.05, 0.1) is 17.1 Å². The number of hydrogen-bond donors (Lipinski definition) is 0. The summed E-state index contributed by atoms with van der Waals surface area (Å²) in [5.74, 6) is 0. The van der Waals surface area contributed by atoms with Gasteiger partial charge in [0.1, 0.15) is 0 Å². The van der Waals surface area contributed by atoms with Crippen LogP contribution in [0.2, 0.25) is 0 Å². The van der Waals surface area contributed by atoms with Crippen LogP contribution in [0.4, 0.5) is 4.79 Å². The van der Waals surface area contributed by atoms with Gasteiger partial charge in [-0.3, -0.25) is 0 Å². The number of aromatic nitrogens is 2. The van der Waals surface area contributed by atoms with Crippen LogP contribution < -0.4 is 0 Å². The van der Waals surface area contributed by atoms with E-state index in [9.17, 15) is 13.2 Å². The van der Waals surface area contributed by atoms with E-state index in [1.807, 2.05) is 0 Å². The molecule has 0 saturated carbocycles. The molecule has 0 aliphatic heterocycles. The van der Waals surface area contributed by atoms with E-state index < -0.39 is 15.9 Å². The summed E-state index contributed by atoms with van der Waals surface area (Å²) in [5, 5.41) is -0.306. The standard InChI is InChI=1S/C12H14N2O4S/c1-8(2)18-12(15)14-10-7-5-4-6-9(10)13-11(14)19(3,16)17/h4-8H,1-3H3. The summed E-state index contributed by atoms with van der Waals surface area (Å²) in [7, 11) is -3.63. The van der Waals surface area contributed by atoms with Crippen LogP contribution in [0.15, 0.2) is 29.4 Å². The highest BCUT2D eigenvalue weighted by Crippen LogP contribution is 2.20. The number of para-hydroxylation sites is 2. The first kappa shape index (κ1) is 13.5. The van der Waals surface area contributed by atoms with Crippen LogP contribution in [0.1, 0.15) is 13.8 Å². The summed E-state index contributed by atoms with van der Waals surface area (Å²) in [6.45, 7) is 3.38. The third-order valence-corrected chi connectivity index (χ3v) is 3.32. The van der Waals surface area contributed by atoms with Crippen LogP contribution >= 0.6 is 0 Å². The summed E-state index contributed by atoms with van der Waals surface area (Å²) in [4.78, 5) is 16.0. The Kier molecular flexibility index (Phi) is 3.32. The quantitative estimate of drug-likeness (QED) is 0.839. The minimum Gasteiger partial charge on any atom is -0.446 e. The van der Waals surface area contributed by atoms with Gasteiger partial charge in [0, 0.05) is 6.26 Å². The molecular weight excluding hydrogens is 268 g/mol. The van der Waals surface area contributed by atoms with Gasteiger partial charge in [0.15, 0.2) is 0 Å². The summed E-state index contributed by atoms with van der Waals surface area (Å²) in [6, 6.07) is 6.69. The van der Waals surface area contributed by atoms with Gasteiger partial charge < -0.3 is 4.74 Å². The van der Waals surface area contributed by atoms with Gasteiger partial charge in [-0.15, -0.1) is 0 Å². The molecule has 0 amide bonds. The number of rotatable bonds is 2. The largest absolute Gasteiger partial charge is 0.446 e. The van der Waals surface area contributed by atoms with Crippen LogP contribution in [-0.2, 0) is 14.6 Å². The molecule has 1 aromatic heterocycles. The molecule has 6 nitrogen and oxygen atoms in total. The van der Waals surface area contributed by atoms with Crippen LogP contribution in [0.25, 0.3) is 11.0 Å². The molecule has 0 fully saturated rings. The van der Waals surface area contributed by atoms with Crippen molar-refractivity contribution in [2.45, 2.75) is 25.1 Å². The van der Waals surface area contributed by atoms with E-state index in [1.54, 1.807) is 38.1 Å². The van der Waals surface area contributed by atoms with Crippen LogP contribution in [0.5, 0.6) is 0 Å². The zero-order chi connectivity index (χ0) is 14.2. The second-order valence-electron chi connectivity index (χ2n) is 4.42. The normalized spacial score (nSPS) is 12.0. The van der Waals surface area contributed by atoms with E-state index in [0.29, 0.717) is 11.0 Å². The lowest BCUT2D eigenvalue weighted by atomic mass is 10.3. The Labute approximate surface area is 110 Å². The molecule has 19 heavy (non-hydrogen) atoms. The van der Waals surface area contributed by atoms with Gasteiger partial charge in [-0.1, -0.05) is 12.1 Å². The zero-order valence-electron chi connectivity index (χ0n) is 10.8. The monoisotopic (exact) mass is 282 g/mol. The third-order valence-electron chi connectivity index (χ3n) is 2.38. The van der Waals surface area contributed by atoms with Gasteiger partial charge in [-0.2, -0.15) is 0 Å². The van der Waals surface area contributed by atoms with Crippen molar-refractivity contribution in [1.82, 2.24) is 9.55 Å². The maximum absolute atomic E-state index is 12.0. The predicted octanol–water partition coefficient (Wildman–Crippen LogP) is 1.83. The maximum atomic E-state index is 12.0. The fourth-order valence-electron chi connectivity index (χ4n) is 1.68. The molecule has 0 bridgehead atoms. The fourth-order valence-corrected chi connectivity index (χ4v) is 2.45. The van der Waals surface area contributed by atoms with Crippen molar-refractivity contribution < 1.29 is 17.9 Å². The van der Waals surface area contributed by atoms with Gasteiger partial charge >= 0.3 is 6.09 Å². The SMILES string of the molecule is CC(C)OC(=O)n1c(S(C)(=O)=O)nc2ccccc21. The van der Waals surface area contributed by atoms with E-state index in [1.165, 1.54) is 0 Å². The molecule has 0 unspecified atom stereocenters. The summed E-state index contributed by atoms with van der Waals surface area (Å²) >= 11 is 0. The van der Waals surface area contributed by atoms with Crippen molar-refractivity contribution in [2.24, 2.45) is 0 Å². The lowest BCUT2D eigenvalue weighted by Gasteiger charge is -2.10. The van der Waals surface area contributed by atoms with Gasteiger partial charge in [-0.25, -0.2) is 22.8 Å². The van der Waals surface area contributed by atoms with Gasteiger partial charge in [-0.05, 0) is 26.0 Å². The van der Waals surface area contributed by atoms with E-state index in [4.69, 9.17) is 4.74 Å². The Morgan fingerprint density at radius 2 is 1.95 bits per heavy atom. The smallest absolute Gasteiger partial charge is 0.421 e. The average molecular weight is 282 g/mol. The second kappa shape index (κ2) is 4.65. The number of benzene rings is 1. The molecule has 0 N–H and O–H groups in total. The Hall–Kier alpha value is -1.89. The van der Waals surface area contributed by atoms with Crippen LogP contribution in [-0.4, -0.2) is 36.4 Å². The van der Waals surface area contributed by atoms with E-state index in [-0.39, 0.29) is 11.3 Å². The molecule has 1 heterocycles. The lowest BCUT2D eigenvalue weighted by Crippen LogP contribution is -2.21. The fraction of sp³-hybridized carbons (Fsp3) is 0.333. The number of hydrogen-bond acceptors (Lipinski definition) is 5. The Bertz CT molecular complexity index is 731.